The van der Waals surface area contributed by atoms with Gasteiger partial charge in [0.05, 0.1) is 43.6 Å². The highest BCUT2D eigenvalue weighted by Gasteiger charge is 2.52. The Bertz CT molecular complexity index is 1680. The highest BCUT2D eigenvalue weighted by molar-refractivity contribution is 8.54. The van der Waals surface area contributed by atoms with Crippen molar-refractivity contribution in [3.05, 3.63) is 30.4 Å². The summed E-state index contributed by atoms with van der Waals surface area (Å²) in [4.78, 5) is 21.4. The highest BCUT2D eigenvalue weighted by atomic mass is 32.7. The topological polar surface area (TPSA) is 239 Å². The zero-order valence-corrected chi connectivity index (χ0v) is 28.2. The van der Waals surface area contributed by atoms with E-state index in [2.05, 4.69) is 35.3 Å². The van der Waals surface area contributed by atoms with E-state index >= 15 is 4.39 Å². The number of rotatable bonds is 13. The first-order valence-electron chi connectivity index (χ1n) is 14.3. The van der Waals surface area contributed by atoms with Crippen molar-refractivity contribution in [3.8, 4) is 0 Å². The van der Waals surface area contributed by atoms with Crippen molar-refractivity contribution >= 4 is 49.9 Å². The summed E-state index contributed by atoms with van der Waals surface area (Å²) in [7, 11) is 2.22. The van der Waals surface area contributed by atoms with E-state index in [0.29, 0.717) is 39.9 Å². The van der Waals surface area contributed by atoms with Crippen LogP contribution in [0.25, 0.3) is 11.2 Å². The normalized spacial score (nSPS) is 32.0. The van der Waals surface area contributed by atoms with E-state index < -0.39 is 64.5 Å². The lowest BCUT2D eigenvalue weighted by molar-refractivity contribution is -0.0484. The van der Waals surface area contributed by atoms with E-state index in [1.54, 1.807) is 11.5 Å². The van der Waals surface area contributed by atoms with Crippen molar-refractivity contribution in [1.82, 2.24) is 34.2 Å². The minimum atomic E-state index is -4.03. The third-order valence-corrected chi connectivity index (χ3v) is 11.3. The second-order valence-corrected chi connectivity index (χ2v) is 15.1. The van der Waals surface area contributed by atoms with E-state index in [-0.39, 0.29) is 25.2 Å². The number of aromatic nitrogens is 6. The first-order chi connectivity index (χ1) is 22.6. The molecule has 3 aliphatic rings. The average Bonchev–Trinajstić information content (AvgIpc) is 3.82. The quantitative estimate of drug-likeness (QED) is 0.146. The molecule has 6 N–H and O–H groups in total. The minimum Gasteiger partial charge on any atom is -0.382 e. The van der Waals surface area contributed by atoms with Crippen molar-refractivity contribution in [2.45, 2.75) is 69.0 Å². The Morgan fingerprint density at radius 3 is 2.62 bits per heavy atom. The fourth-order valence-corrected chi connectivity index (χ4v) is 8.40. The molecule has 3 aromatic rings. The number of alkyl halides is 1. The number of halogens is 1. The van der Waals surface area contributed by atoms with E-state index in [1.165, 1.54) is 37.8 Å². The molecule has 0 bridgehead atoms. The molecule has 6 rings (SSSR count). The molecule has 10 unspecified atom stereocenters. The first-order valence-corrected chi connectivity index (χ1v) is 18.1. The van der Waals surface area contributed by atoms with Crippen molar-refractivity contribution in [3.63, 3.8) is 0 Å². The summed E-state index contributed by atoms with van der Waals surface area (Å²) < 4.78 is 79.4. The Balaban J connectivity index is 1.20. The summed E-state index contributed by atoms with van der Waals surface area (Å²) in [5.74, 6) is 0.689. The van der Waals surface area contributed by atoms with Gasteiger partial charge in [0.2, 0.25) is 0 Å². The number of hydrogen-bond acceptors (Lipinski definition) is 17. The summed E-state index contributed by atoms with van der Waals surface area (Å²) in [6.07, 6.45) is -3.16. The number of anilines is 1. The summed E-state index contributed by atoms with van der Waals surface area (Å²) in [5, 5.41) is 11.6. The van der Waals surface area contributed by atoms with Gasteiger partial charge in [0.1, 0.15) is 47.8 Å². The van der Waals surface area contributed by atoms with Crippen LogP contribution in [0.3, 0.4) is 0 Å². The third-order valence-electron chi connectivity index (χ3n) is 8.13. The van der Waals surface area contributed by atoms with Gasteiger partial charge in [-0.3, -0.25) is 23.4 Å². The van der Waals surface area contributed by atoms with Gasteiger partial charge < -0.3 is 34.5 Å². The maximum atomic E-state index is 16.2. The van der Waals surface area contributed by atoms with Crippen LogP contribution in [-0.2, 0) is 37.1 Å². The summed E-state index contributed by atoms with van der Waals surface area (Å²) in [6.45, 7) is -0.812. The molecule has 19 nitrogen and oxygen atoms in total. The molecule has 0 radical (unpaired) electrons. The lowest BCUT2D eigenvalue weighted by Gasteiger charge is -2.26. The van der Waals surface area contributed by atoms with Crippen LogP contribution in [-0.4, -0.2) is 99.1 Å². The van der Waals surface area contributed by atoms with E-state index in [9.17, 15) is 9.13 Å². The Morgan fingerprint density at radius 1 is 1.13 bits per heavy atom. The van der Waals surface area contributed by atoms with Crippen LogP contribution in [0, 0.1) is 6.92 Å². The maximum Gasteiger partial charge on any atom is 0.341 e. The van der Waals surface area contributed by atoms with Gasteiger partial charge in [-0.05, 0) is 13.8 Å². The minimum absolute atomic E-state index is 0.0336. The molecule has 2 fully saturated rings. The number of fused-ring (bicyclic) bond motifs is 2. The van der Waals surface area contributed by atoms with Gasteiger partial charge in [-0.2, -0.15) is 0 Å². The van der Waals surface area contributed by atoms with Gasteiger partial charge >= 0.3 is 15.4 Å². The largest absolute Gasteiger partial charge is 0.382 e. The molecular formula is C24H34FN11O8P2S. The fourth-order valence-electron chi connectivity index (χ4n) is 5.95. The Kier molecular flexibility index (Phi) is 10.2. The third kappa shape index (κ3) is 6.42. The van der Waals surface area contributed by atoms with E-state index in [1.807, 2.05) is 6.92 Å². The first kappa shape index (κ1) is 34.2. The van der Waals surface area contributed by atoms with Crippen LogP contribution < -0.4 is 21.3 Å². The second kappa shape index (κ2) is 14.0. The van der Waals surface area contributed by atoms with Gasteiger partial charge in [-0.15, -0.1) is 0 Å². The molecule has 256 valence electrons. The highest BCUT2D eigenvalue weighted by Crippen LogP contribution is 2.55. The number of nitrogens with two attached hydrogens (primary N) is 2. The lowest BCUT2D eigenvalue weighted by Crippen LogP contribution is -2.43. The number of nitrogens with zero attached hydrogens (tertiary/aromatic N) is 7. The Morgan fingerprint density at radius 2 is 1.89 bits per heavy atom. The molecule has 10 atom stereocenters. The van der Waals surface area contributed by atoms with Gasteiger partial charge in [0, 0.05) is 25.8 Å². The Labute approximate surface area is 273 Å². The predicted molar refractivity (Wildman–Crippen MR) is 166 cm³/mol. The molecule has 3 aromatic heterocycles. The van der Waals surface area contributed by atoms with Gasteiger partial charge in [-0.25, -0.2) is 39.0 Å². The molecule has 0 spiro atoms. The number of aryl methyl sites for hydroxylation is 1. The van der Waals surface area contributed by atoms with Crippen LogP contribution in [0.2, 0.25) is 0 Å². The average molecular weight is 718 g/mol. The maximum absolute atomic E-state index is 16.2. The number of methoxy groups -OCH3 is 2. The smallest absolute Gasteiger partial charge is 0.341 e. The van der Waals surface area contributed by atoms with Crippen LogP contribution in [0.4, 0.5) is 10.2 Å². The summed E-state index contributed by atoms with van der Waals surface area (Å²) >= 11 is 0.393. The van der Waals surface area contributed by atoms with E-state index in [4.69, 9.17) is 38.9 Å². The molecule has 23 heteroatoms. The van der Waals surface area contributed by atoms with Crippen LogP contribution in [0.15, 0.2) is 24.0 Å². The van der Waals surface area contributed by atoms with Gasteiger partial charge in [-0.1, -0.05) is 0 Å². The molecule has 0 aromatic carbocycles. The molecule has 47 heavy (non-hydrogen) atoms. The van der Waals surface area contributed by atoms with Crippen LogP contribution in [0.5, 0.6) is 0 Å². The van der Waals surface area contributed by atoms with Crippen LogP contribution >= 0.6 is 27.0 Å². The van der Waals surface area contributed by atoms with Crippen LogP contribution in [0.1, 0.15) is 36.8 Å². The molecular weight excluding hydrogens is 683 g/mol. The fraction of sp³-hybridized carbons (Fsp3) is 0.625. The van der Waals surface area contributed by atoms with Crippen molar-refractivity contribution in [1.29, 1.82) is 0 Å². The number of aliphatic imine (C=N–C) groups is 1. The monoisotopic (exact) mass is 717 g/mol. The van der Waals surface area contributed by atoms with Gasteiger partial charge in [0.25, 0.3) is 0 Å². The predicted octanol–water partition coefficient (Wildman–Crippen LogP) is 1.91. The Hall–Kier alpha value is -2.68. The zero-order chi connectivity index (χ0) is 33.5. The molecule has 2 saturated heterocycles. The van der Waals surface area contributed by atoms with Crippen molar-refractivity contribution < 1.29 is 41.5 Å². The van der Waals surface area contributed by atoms with E-state index in [0.717, 1.165) is 0 Å². The number of ether oxygens (including phenoxy) is 4. The molecule has 0 saturated carbocycles. The van der Waals surface area contributed by atoms with Crippen molar-refractivity contribution in [2.24, 2.45) is 15.9 Å². The standard InChI is InChI=1S/C24H34FN11O8P2S/c1-10-15-20(29-7-28-10)35(8-30-15)22-14(25)17(12(42-22)5-39-3)34-46(38,47-27)41-6-13-18(40-4)19(44-45-37)23(43-13)36-9-31-16-11(2)32-24(26)33-21(16)36/h7-9,11-14,17-19,22-23H,5-6,27H2,1-4H3,(H,34,38)(H3,26,32,33). The molecule has 3 aliphatic heterocycles. The zero-order valence-electron chi connectivity index (χ0n) is 25.6. The molecule has 6 heterocycles. The number of imidazole rings is 2. The summed E-state index contributed by atoms with van der Waals surface area (Å²) in [6, 6.07) is -1.50. The SMILES string of the molecule is COCC1OC(n2cnc3c(C)ncnc32)C(F)C1NP(=O)(OCC1OC(n2cnc3c2NC(N)=NC3C)C(OP=O)C1OC)SN. The lowest BCUT2D eigenvalue weighted by atomic mass is 10.1. The number of guanidine groups is 1. The van der Waals surface area contributed by atoms with Crippen molar-refractivity contribution in [2.75, 3.05) is 32.8 Å². The number of nitrogens with one attached hydrogen (secondary N) is 2. The van der Waals surface area contributed by atoms with Gasteiger partial charge in [0.15, 0.2) is 30.2 Å². The summed E-state index contributed by atoms with van der Waals surface area (Å²) in [5.41, 5.74) is 8.05. The number of hydrogen-bond donors (Lipinski definition) is 4. The molecule has 0 amide bonds. The molecule has 0 aliphatic carbocycles. The second-order valence-electron chi connectivity index (χ2n) is 10.9.